The molecule has 10 rings (SSSR count). The Morgan fingerprint density at radius 3 is 1.08 bits per heavy atom. The summed E-state index contributed by atoms with van der Waals surface area (Å²) in [7, 11) is 0. The maximum atomic E-state index is 4.95. The molecular weight excluding hydrogens is 871 g/mol. The summed E-state index contributed by atoms with van der Waals surface area (Å²) in [6.45, 7) is 7.17. The zero-order valence-corrected chi connectivity index (χ0v) is 38.9. The summed E-state index contributed by atoms with van der Waals surface area (Å²) in [5.74, 6) is 0. The molecule has 0 saturated heterocycles. The molecule has 0 amide bonds. The molecule has 60 heavy (non-hydrogen) atoms. The molecule has 4 aromatic heterocycles. The SMILES string of the molecule is CC1=Cc2c(-c3ccccn3)cc(-c3ccccn3)cc2[CH]1[Zr](=[SiH2])([c]1ccccc1)([c]1ccccc1)[CH]1C(C)=Cc2c(-c3ccccn3)cc(-c3ccccn3)cc21.Cl.Cl. The zero-order chi connectivity index (χ0) is 39.3. The first kappa shape index (κ1) is 41.4. The number of hydrogen-bond acceptors (Lipinski definition) is 4. The number of rotatable bonds is 8. The van der Waals surface area contributed by atoms with Gasteiger partial charge in [0.15, 0.2) is 0 Å². The minimum atomic E-state index is -5.02. The topological polar surface area (TPSA) is 51.6 Å². The van der Waals surface area contributed by atoms with Crippen LogP contribution >= 0.6 is 24.8 Å². The quantitative estimate of drug-likeness (QED) is 0.143. The number of nitrogens with zero attached hydrogens (tertiary/aromatic N) is 4. The third-order valence-electron chi connectivity index (χ3n) is 12.7. The standard InChI is InChI=1S/2C20H15N2.2C6H5.2ClH.H2Si.Zr/c2*1-14-10-15-12-16(19-6-2-4-8-21-19)13-18(17(15)11-14)20-7-3-5-9-22-20;2*1-2-4-6-5-3-1;;;;/h2*2-13H,1H3;2*1-5H;2*1H;1H2;. The molecule has 0 fully saturated rings. The number of allylic oxidation sites excluding steroid dienone is 2. The van der Waals surface area contributed by atoms with Gasteiger partial charge in [0.2, 0.25) is 0 Å². The van der Waals surface area contributed by atoms with Crippen LogP contribution in [0.25, 0.3) is 57.2 Å². The average molecular weight is 915 g/mol. The van der Waals surface area contributed by atoms with Crippen LogP contribution in [0.4, 0.5) is 0 Å². The van der Waals surface area contributed by atoms with Gasteiger partial charge in [-0.1, -0.05) is 0 Å². The summed E-state index contributed by atoms with van der Waals surface area (Å²) in [5, 5.41) is 0. The largest absolute Gasteiger partial charge is 0.147 e. The monoisotopic (exact) mass is 912 g/mol. The van der Waals surface area contributed by atoms with E-state index in [0.717, 1.165) is 45.0 Å². The van der Waals surface area contributed by atoms with Crippen LogP contribution in [-0.4, -0.2) is 26.8 Å². The third-order valence-corrected chi connectivity index (χ3v) is 41.0. The number of aromatic nitrogens is 4. The normalized spacial score (nSPS) is 15.4. The predicted octanol–water partition coefficient (Wildman–Crippen LogP) is 11.3. The summed E-state index contributed by atoms with van der Waals surface area (Å²) in [6, 6.07) is 57.6. The van der Waals surface area contributed by atoms with Gasteiger partial charge in [0.25, 0.3) is 0 Å². The molecule has 0 aliphatic heterocycles. The van der Waals surface area contributed by atoms with Crippen molar-refractivity contribution in [3.05, 3.63) is 216 Å². The smallest absolute Gasteiger partial charge is 0.147 e. The molecule has 2 atom stereocenters. The van der Waals surface area contributed by atoms with Crippen molar-refractivity contribution in [1.29, 1.82) is 0 Å². The molecular formula is C52H44Cl2N4SiZr. The van der Waals surface area contributed by atoms with Crippen molar-refractivity contribution in [2.75, 3.05) is 0 Å². The fourth-order valence-corrected chi connectivity index (χ4v) is 39.6. The molecule has 294 valence electrons. The number of pyridine rings is 4. The first-order chi connectivity index (χ1) is 28.4. The van der Waals surface area contributed by atoms with E-state index in [2.05, 4.69) is 166 Å². The summed E-state index contributed by atoms with van der Waals surface area (Å²) in [6.07, 6.45) is 12.6. The van der Waals surface area contributed by atoms with Gasteiger partial charge in [-0.05, 0) is 0 Å². The second-order valence-electron chi connectivity index (χ2n) is 15.9. The molecule has 0 N–H and O–H groups in total. The van der Waals surface area contributed by atoms with Gasteiger partial charge >= 0.3 is 345 Å². The van der Waals surface area contributed by atoms with E-state index in [1.807, 2.05) is 49.1 Å². The minimum absolute atomic E-state index is 0. The first-order valence-electron chi connectivity index (χ1n) is 20.0. The van der Waals surface area contributed by atoms with E-state index in [1.165, 1.54) is 39.9 Å². The van der Waals surface area contributed by atoms with Crippen molar-refractivity contribution in [3.8, 4) is 45.0 Å². The molecule has 2 aliphatic carbocycles. The van der Waals surface area contributed by atoms with Crippen LogP contribution < -0.4 is 6.54 Å². The van der Waals surface area contributed by atoms with Crippen LogP contribution in [0.15, 0.2) is 194 Å². The Morgan fingerprint density at radius 1 is 0.417 bits per heavy atom. The molecule has 0 spiro atoms. The Hall–Kier alpha value is -5.36. The molecule has 2 unspecified atom stereocenters. The maximum Gasteiger partial charge on any atom is -0.147 e. The van der Waals surface area contributed by atoms with E-state index in [1.54, 1.807) is 0 Å². The minimum Gasteiger partial charge on any atom is -0.147 e. The predicted molar refractivity (Wildman–Crippen MR) is 254 cm³/mol. The molecule has 8 aromatic rings. The van der Waals surface area contributed by atoms with Crippen molar-refractivity contribution in [1.82, 2.24) is 19.9 Å². The van der Waals surface area contributed by atoms with Crippen LogP contribution in [0.1, 0.15) is 43.4 Å². The number of hydrogen-bond donors (Lipinski definition) is 0. The molecule has 2 aliphatic rings. The van der Waals surface area contributed by atoms with E-state index < -0.39 is 17.4 Å². The molecule has 4 heterocycles. The van der Waals surface area contributed by atoms with Crippen molar-refractivity contribution in [2.24, 2.45) is 0 Å². The Labute approximate surface area is 367 Å². The molecule has 0 saturated carbocycles. The van der Waals surface area contributed by atoms with E-state index in [0.29, 0.717) is 0 Å². The van der Waals surface area contributed by atoms with Crippen molar-refractivity contribution in [3.63, 3.8) is 0 Å². The first-order valence-corrected chi connectivity index (χ1v) is 31.2. The molecule has 8 heteroatoms. The van der Waals surface area contributed by atoms with Gasteiger partial charge in [0.05, 0.1) is 0 Å². The second-order valence-corrected chi connectivity index (χ2v) is 38.6. The Bertz CT molecular complexity index is 2760. The van der Waals surface area contributed by atoms with Crippen LogP contribution in [-0.2, 0) is 17.4 Å². The molecule has 0 bridgehead atoms. The summed E-state index contributed by atoms with van der Waals surface area (Å²) in [4.78, 5) is 19.7. The van der Waals surface area contributed by atoms with Gasteiger partial charge in [-0.25, -0.2) is 0 Å². The van der Waals surface area contributed by atoms with Gasteiger partial charge < -0.3 is 0 Å². The van der Waals surface area contributed by atoms with Crippen LogP contribution in [0, 0.1) is 0 Å². The molecule has 0 radical (unpaired) electrons. The van der Waals surface area contributed by atoms with Gasteiger partial charge in [-0.3, -0.25) is 0 Å². The summed E-state index contributed by atoms with van der Waals surface area (Å²) >= 11 is -5.02. The number of halogens is 2. The molecule has 4 nitrogen and oxygen atoms in total. The van der Waals surface area contributed by atoms with E-state index in [-0.39, 0.29) is 32.1 Å². The maximum absolute atomic E-state index is 5.02. The van der Waals surface area contributed by atoms with Crippen molar-refractivity contribution < 1.29 is 17.4 Å². The van der Waals surface area contributed by atoms with E-state index >= 15 is 0 Å². The number of fused-ring (bicyclic) bond motifs is 2. The van der Waals surface area contributed by atoms with Gasteiger partial charge in [0, 0.05) is 0 Å². The summed E-state index contributed by atoms with van der Waals surface area (Å²) < 4.78 is 3.16. The van der Waals surface area contributed by atoms with Gasteiger partial charge in [0.1, 0.15) is 0 Å². The van der Waals surface area contributed by atoms with Crippen molar-refractivity contribution in [2.45, 2.75) is 21.1 Å². The third kappa shape index (κ3) is 6.53. The van der Waals surface area contributed by atoms with Gasteiger partial charge in [-0.15, -0.1) is 24.8 Å². The summed E-state index contributed by atoms with van der Waals surface area (Å²) in [5.41, 5.74) is 16.4. The van der Waals surface area contributed by atoms with Gasteiger partial charge in [-0.2, -0.15) is 0 Å². The van der Waals surface area contributed by atoms with Crippen LogP contribution in [0.3, 0.4) is 0 Å². The van der Waals surface area contributed by atoms with Crippen LogP contribution in [0.2, 0.25) is 0 Å². The second kappa shape index (κ2) is 16.6. The Balaban J connectivity index is 0.00000249. The van der Waals surface area contributed by atoms with Crippen LogP contribution in [0.5, 0.6) is 0 Å². The van der Waals surface area contributed by atoms with E-state index in [9.17, 15) is 0 Å². The van der Waals surface area contributed by atoms with E-state index in [4.69, 9.17) is 19.9 Å². The molecule has 4 aromatic carbocycles. The number of benzene rings is 4. The van der Waals surface area contributed by atoms with Crippen molar-refractivity contribution >= 4 is 50.4 Å². The zero-order valence-electron chi connectivity index (χ0n) is 33.4. The Kier molecular flexibility index (Phi) is 11.4. The Morgan fingerprint density at radius 2 is 0.750 bits per heavy atom. The average Bonchev–Trinajstić information content (AvgIpc) is 3.83. The fraction of sp³-hybridized carbons (Fsp3) is 0.0769. The fourth-order valence-electron chi connectivity index (χ4n) is 10.5.